The van der Waals surface area contributed by atoms with E-state index in [0.29, 0.717) is 11.1 Å². The van der Waals surface area contributed by atoms with Gasteiger partial charge in [-0.25, -0.2) is 4.98 Å². The molecule has 3 aromatic rings. The lowest BCUT2D eigenvalue weighted by molar-refractivity contribution is 1.05. The summed E-state index contributed by atoms with van der Waals surface area (Å²) in [4.78, 5) is 5.55. The van der Waals surface area contributed by atoms with E-state index in [9.17, 15) is 0 Å². The van der Waals surface area contributed by atoms with E-state index in [0.717, 1.165) is 21.9 Å². The van der Waals surface area contributed by atoms with Crippen LogP contribution in [0.4, 0.5) is 0 Å². The van der Waals surface area contributed by atoms with Crippen molar-refractivity contribution >= 4 is 45.8 Å². The fourth-order valence-electron chi connectivity index (χ4n) is 2.19. The van der Waals surface area contributed by atoms with Crippen molar-refractivity contribution in [1.82, 2.24) is 13.9 Å². The molecule has 0 spiro atoms. The summed E-state index contributed by atoms with van der Waals surface area (Å²) in [6.07, 6.45) is 4.38. The van der Waals surface area contributed by atoms with Gasteiger partial charge in [0.25, 0.3) is 0 Å². The van der Waals surface area contributed by atoms with Gasteiger partial charge in [0, 0.05) is 16.5 Å². The Bertz CT molecular complexity index is 773. The second-order valence-electron chi connectivity index (χ2n) is 4.69. The number of halogens is 2. The lowest BCUT2D eigenvalue weighted by atomic mass is 10.3. The highest BCUT2D eigenvalue weighted by atomic mass is 35.5. The zero-order valence-corrected chi connectivity index (χ0v) is 12.1. The highest BCUT2D eigenvalue weighted by Gasteiger charge is 2.30. The van der Waals surface area contributed by atoms with Crippen molar-refractivity contribution in [1.29, 1.82) is 0 Å². The van der Waals surface area contributed by atoms with Crippen LogP contribution in [0.15, 0.2) is 24.4 Å². The largest absolute Gasteiger partial charge is 0.283 e. The minimum Gasteiger partial charge on any atom is -0.283 e. The summed E-state index contributed by atoms with van der Waals surface area (Å²) in [7, 11) is 0. The smallest absolute Gasteiger partial charge is 0.171 e. The highest BCUT2D eigenvalue weighted by Crippen LogP contribution is 2.47. The first-order chi connectivity index (χ1) is 9.24. The lowest BCUT2D eigenvalue weighted by Gasteiger charge is -2.02. The molecule has 1 aliphatic carbocycles. The maximum absolute atomic E-state index is 6.46. The van der Waals surface area contributed by atoms with Crippen LogP contribution in [0, 0.1) is 0 Å². The minimum atomic E-state index is 0.473. The summed E-state index contributed by atoms with van der Waals surface area (Å²) in [5, 5.41) is 2.26. The third-order valence-electron chi connectivity index (χ3n) is 3.32. The Kier molecular flexibility index (Phi) is 2.59. The van der Waals surface area contributed by atoms with Crippen LogP contribution in [0.2, 0.25) is 10.2 Å². The van der Waals surface area contributed by atoms with Crippen LogP contribution in [-0.2, 0) is 0 Å². The van der Waals surface area contributed by atoms with E-state index < -0.39 is 0 Å². The van der Waals surface area contributed by atoms with E-state index in [2.05, 4.69) is 9.36 Å². The Morgan fingerprint density at radius 2 is 2.05 bits per heavy atom. The molecule has 0 radical (unpaired) electrons. The van der Waals surface area contributed by atoms with Crippen LogP contribution in [0.1, 0.15) is 23.6 Å². The van der Waals surface area contributed by atoms with Gasteiger partial charge >= 0.3 is 0 Å². The summed E-state index contributed by atoms with van der Waals surface area (Å²) in [6, 6.07) is 5.72. The molecule has 3 aromatic heterocycles. The number of nitrogens with zero attached hydrogens (tertiary/aromatic N) is 3. The Morgan fingerprint density at radius 1 is 1.21 bits per heavy atom. The Morgan fingerprint density at radius 3 is 2.84 bits per heavy atom. The van der Waals surface area contributed by atoms with Crippen LogP contribution in [0.25, 0.3) is 16.9 Å². The molecule has 0 aliphatic heterocycles. The molecule has 1 fully saturated rings. The molecule has 3 heterocycles. The Hall–Kier alpha value is -1.10. The number of hydrogen-bond acceptors (Lipinski definition) is 3. The maximum Gasteiger partial charge on any atom is 0.171 e. The molecule has 1 saturated carbocycles. The highest BCUT2D eigenvalue weighted by molar-refractivity contribution is 7.06. The average molecular weight is 310 g/mol. The molecule has 0 atom stereocenters. The summed E-state index contributed by atoms with van der Waals surface area (Å²) in [5.74, 6) is 1.37. The number of rotatable bonds is 2. The van der Waals surface area contributed by atoms with Crippen molar-refractivity contribution in [2.45, 2.75) is 18.8 Å². The van der Waals surface area contributed by atoms with Crippen molar-refractivity contribution in [3.63, 3.8) is 0 Å². The first-order valence-electron chi connectivity index (χ1n) is 6.03. The second-order valence-corrected chi connectivity index (χ2v) is 6.26. The molecule has 19 heavy (non-hydrogen) atoms. The zero-order chi connectivity index (χ0) is 13.0. The van der Waals surface area contributed by atoms with E-state index in [-0.39, 0.29) is 0 Å². The van der Waals surface area contributed by atoms with Crippen molar-refractivity contribution < 1.29 is 0 Å². The topological polar surface area (TPSA) is 30.7 Å². The van der Waals surface area contributed by atoms with Crippen molar-refractivity contribution in [2.75, 3.05) is 0 Å². The van der Waals surface area contributed by atoms with Gasteiger partial charge in [-0.05, 0) is 48.5 Å². The predicted octanol–water partition coefficient (Wildman–Crippen LogP) is 4.67. The molecule has 0 unspecified atom stereocenters. The minimum absolute atomic E-state index is 0.473. The van der Waals surface area contributed by atoms with Gasteiger partial charge in [-0.2, -0.15) is 4.37 Å². The Labute approximate surface area is 124 Å². The predicted molar refractivity (Wildman–Crippen MR) is 78.7 cm³/mol. The molecule has 0 N–H and O–H groups in total. The monoisotopic (exact) mass is 309 g/mol. The lowest BCUT2D eigenvalue weighted by Crippen LogP contribution is -1.95. The van der Waals surface area contributed by atoms with E-state index in [1.54, 1.807) is 6.07 Å². The molecule has 4 rings (SSSR count). The summed E-state index contributed by atoms with van der Waals surface area (Å²) in [5.41, 5.74) is 0.794. The number of fused-ring (bicyclic) bond motifs is 1. The fraction of sp³-hybridized carbons (Fsp3) is 0.231. The number of hydrogen-bond donors (Lipinski definition) is 0. The first kappa shape index (κ1) is 11.7. The van der Waals surface area contributed by atoms with Gasteiger partial charge in [0.2, 0.25) is 0 Å². The van der Waals surface area contributed by atoms with Crippen LogP contribution in [-0.4, -0.2) is 13.9 Å². The SMILES string of the molecule is Clc1ccc2ccn(-c3nsc(C4CC4)c3Cl)c2n1. The molecule has 3 nitrogen and oxygen atoms in total. The Balaban J connectivity index is 1.92. The van der Waals surface area contributed by atoms with Gasteiger partial charge in [0.15, 0.2) is 5.82 Å². The second kappa shape index (κ2) is 4.20. The van der Waals surface area contributed by atoms with Crippen LogP contribution < -0.4 is 0 Å². The normalized spacial score (nSPS) is 15.3. The third-order valence-corrected chi connectivity index (χ3v) is 5.02. The van der Waals surface area contributed by atoms with Gasteiger partial charge in [-0.3, -0.25) is 4.57 Å². The number of pyridine rings is 1. The third kappa shape index (κ3) is 1.86. The van der Waals surface area contributed by atoms with Gasteiger partial charge in [-0.1, -0.05) is 23.2 Å². The fourth-order valence-corrected chi connectivity index (χ4v) is 3.69. The molecule has 0 amide bonds. The van der Waals surface area contributed by atoms with E-state index in [1.807, 2.05) is 22.9 Å². The number of aromatic nitrogens is 3. The molecule has 6 heteroatoms. The van der Waals surface area contributed by atoms with Crippen LogP contribution in [0.3, 0.4) is 0 Å². The summed E-state index contributed by atoms with van der Waals surface area (Å²) >= 11 is 13.9. The van der Waals surface area contributed by atoms with E-state index in [4.69, 9.17) is 23.2 Å². The molecular formula is C13H9Cl2N3S. The van der Waals surface area contributed by atoms with Gasteiger partial charge in [-0.15, -0.1) is 0 Å². The first-order valence-corrected chi connectivity index (χ1v) is 7.56. The molecule has 0 bridgehead atoms. The van der Waals surface area contributed by atoms with Crippen LogP contribution >= 0.6 is 34.7 Å². The van der Waals surface area contributed by atoms with E-state index >= 15 is 0 Å². The van der Waals surface area contributed by atoms with E-state index in [1.165, 1.54) is 29.3 Å². The average Bonchev–Trinajstić information content (AvgIpc) is 3.05. The van der Waals surface area contributed by atoms with Crippen molar-refractivity contribution in [3.05, 3.63) is 39.4 Å². The maximum atomic E-state index is 6.46. The summed E-state index contributed by atoms with van der Waals surface area (Å²) < 4.78 is 6.40. The molecule has 1 aliphatic rings. The van der Waals surface area contributed by atoms with Crippen molar-refractivity contribution in [2.24, 2.45) is 0 Å². The quantitative estimate of drug-likeness (QED) is 0.644. The molecule has 0 saturated heterocycles. The van der Waals surface area contributed by atoms with Gasteiger partial charge < -0.3 is 0 Å². The standard InChI is InChI=1S/C13H9Cl2N3S/c14-9-4-3-8-5-6-18(12(8)16-9)13-10(15)11(19-17-13)7-1-2-7/h3-7H,1-2H2. The van der Waals surface area contributed by atoms with Gasteiger partial charge in [0.1, 0.15) is 10.8 Å². The molecule has 96 valence electrons. The van der Waals surface area contributed by atoms with Crippen LogP contribution in [0.5, 0.6) is 0 Å². The summed E-state index contributed by atoms with van der Waals surface area (Å²) in [6.45, 7) is 0. The van der Waals surface area contributed by atoms with Gasteiger partial charge in [0.05, 0.1) is 5.02 Å². The zero-order valence-electron chi connectivity index (χ0n) is 9.81. The van der Waals surface area contributed by atoms with Crippen molar-refractivity contribution in [3.8, 4) is 5.82 Å². The molecular weight excluding hydrogens is 301 g/mol. The molecule has 0 aromatic carbocycles.